The second-order valence-corrected chi connectivity index (χ2v) is 7.82. The number of piperidine rings is 1. The van der Waals surface area contributed by atoms with Crippen molar-refractivity contribution in [1.29, 1.82) is 0 Å². The van der Waals surface area contributed by atoms with Gasteiger partial charge in [0.1, 0.15) is 5.82 Å². The maximum absolute atomic E-state index is 13.7. The van der Waals surface area contributed by atoms with Crippen LogP contribution in [0.3, 0.4) is 0 Å². The van der Waals surface area contributed by atoms with Crippen LogP contribution >= 0.6 is 11.8 Å². The molecule has 0 N–H and O–H groups in total. The number of rotatable bonds is 0. The van der Waals surface area contributed by atoms with Gasteiger partial charge in [0.25, 0.3) is 0 Å². The summed E-state index contributed by atoms with van der Waals surface area (Å²) in [5.74, 6) is -0.334. The Morgan fingerprint density at radius 1 is 0.923 bits per heavy atom. The Hall–Kier alpha value is -1.79. The first-order valence-electron chi connectivity index (χ1n) is 8.43. The molecule has 1 saturated heterocycles. The lowest BCUT2D eigenvalue weighted by Crippen LogP contribution is -2.27. The molecule has 4 rings (SSSR count). The van der Waals surface area contributed by atoms with Crippen LogP contribution in [0.5, 0.6) is 0 Å². The Morgan fingerprint density at radius 2 is 1.65 bits per heavy atom. The van der Waals surface area contributed by atoms with Gasteiger partial charge in [-0.25, -0.2) is 4.39 Å². The van der Waals surface area contributed by atoms with Gasteiger partial charge in [0.15, 0.2) is 0 Å². The van der Waals surface area contributed by atoms with Gasteiger partial charge in [-0.1, -0.05) is 23.4 Å². The van der Waals surface area contributed by atoms with Crippen molar-refractivity contribution in [3.8, 4) is 0 Å². The van der Waals surface area contributed by atoms with Crippen molar-refractivity contribution in [2.24, 2.45) is 0 Å². The van der Waals surface area contributed by atoms with E-state index >= 15 is 0 Å². The van der Waals surface area contributed by atoms with E-state index in [9.17, 15) is 17.6 Å². The zero-order valence-corrected chi connectivity index (χ0v) is 15.0. The van der Waals surface area contributed by atoms with Crippen LogP contribution in [0.1, 0.15) is 29.5 Å². The van der Waals surface area contributed by atoms with Crippen LogP contribution in [0.4, 0.5) is 17.6 Å². The molecular formula is C20H17F4NS. The molecule has 1 fully saturated rings. The monoisotopic (exact) mass is 379 g/mol. The Labute approximate surface area is 153 Å². The highest BCUT2D eigenvalue weighted by Crippen LogP contribution is 2.49. The van der Waals surface area contributed by atoms with E-state index in [-0.39, 0.29) is 5.82 Å². The van der Waals surface area contributed by atoms with Gasteiger partial charge in [0.05, 0.1) is 5.56 Å². The van der Waals surface area contributed by atoms with Gasteiger partial charge in [-0.05, 0) is 66.9 Å². The molecule has 2 aromatic carbocycles. The molecule has 1 nitrogen and oxygen atoms in total. The predicted octanol–water partition coefficient (Wildman–Crippen LogP) is 5.84. The van der Waals surface area contributed by atoms with Crippen molar-refractivity contribution in [3.63, 3.8) is 0 Å². The lowest BCUT2D eigenvalue weighted by atomic mass is 9.87. The molecule has 26 heavy (non-hydrogen) atoms. The number of alkyl halides is 3. The van der Waals surface area contributed by atoms with Crippen molar-refractivity contribution in [1.82, 2.24) is 4.90 Å². The molecule has 136 valence electrons. The highest BCUT2D eigenvalue weighted by atomic mass is 32.2. The summed E-state index contributed by atoms with van der Waals surface area (Å²) in [6, 6.07) is 8.40. The summed E-state index contributed by atoms with van der Waals surface area (Å²) in [7, 11) is 2.04. The highest BCUT2D eigenvalue weighted by Gasteiger charge is 2.33. The summed E-state index contributed by atoms with van der Waals surface area (Å²) in [5.41, 5.74) is 2.81. The Morgan fingerprint density at radius 3 is 2.35 bits per heavy atom. The average Bonchev–Trinajstić information content (AvgIpc) is 2.59. The lowest BCUT2D eigenvalue weighted by molar-refractivity contribution is -0.137. The van der Waals surface area contributed by atoms with Gasteiger partial charge >= 0.3 is 6.18 Å². The molecule has 0 spiro atoms. The quantitative estimate of drug-likeness (QED) is 0.452. The molecule has 2 aromatic rings. The van der Waals surface area contributed by atoms with E-state index < -0.39 is 11.7 Å². The third-order valence-corrected chi connectivity index (χ3v) is 6.09. The van der Waals surface area contributed by atoms with E-state index in [0.717, 1.165) is 58.5 Å². The Bertz CT molecular complexity index is 891. The lowest BCUT2D eigenvalue weighted by Gasteiger charge is -2.30. The van der Waals surface area contributed by atoms with E-state index in [0.29, 0.717) is 5.56 Å². The number of hydrogen-bond donors (Lipinski definition) is 0. The number of hydrogen-bond acceptors (Lipinski definition) is 2. The number of fused-ring (bicyclic) bond motifs is 2. The second kappa shape index (κ2) is 6.43. The highest BCUT2D eigenvalue weighted by molar-refractivity contribution is 7.99. The molecule has 6 heteroatoms. The first kappa shape index (κ1) is 17.6. The number of likely N-dealkylation sites (tertiary alicyclic amines) is 1. The zero-order chi connectivity index (χ0) is 18.5. The van der Waals surface area contributed by atoms with Gasteiger partial charge in [-0.3, -0.25) is 0 Å². The normalized spacial score (nSPS) is 17.9. The van der Waals surface area contributed by atoms with Crippen LogP contribution in [0.25, 0.3) is 5.57 Å². The van der Waals surface area contributed by atoms with Crippen molar-refractivity contribution < 1.29 is 17.6 Å². The first-order chi connectivity index (χ1) is 12.3. The summed E-state index contributed by atoms with van der Waals surface area (Å²) >= 11 is 1.33. The minimum absolute atomic E-state index is 0.334. The molecule has 0 unspecified atom stereocenters. The molecule has 0 saturated carbocycles. The number of benzene rings is 2. The molecule has 0 radical (unpaired) electrons. The summed E-state index contributed by atoms with van der Waals surface area (Å²) in [5, 5.41) is 0. The molecule has 0 bridgehead atoms. The second-order valence-electron chi connectivity index (χ2n) is 6.73. The standard InChI is InChI=1S/C20H17F4NS/c1-25-8-6-12(7-9-25)19-15-4-3-14(21)11-18(15)26-17-5-2-13(10-16(17)19)20(22,23)24/h2-5,10-11H,6-9H2,1H3. The number of nitrogens with zero attached hydrogens (tertiary/aromatic N) is 1. The van der Waals surface area contributed by atoms with Crippen LogP contribution in [0.15, 0.2) is 51.8 Å². The average molecular weight is 379 g/mol. The Kier molecular flexibility index (Phi) is 4.35. The van der Waals surface area contributed by atoms with Crippen LogP contribution in [-0.4, -0.2) is 25.0 Å². The van der Waals surface area contributed by atoms with Crippen molar-refractivity contribution >= 4 is 17.3 Å². The van der Waals surface area contributed by atoms with Crippen LogP contribution in [0, 0.1) is 5.82 Å². The minimum atomic E-state index is -4.38. The number of halogens is 4. The fourth-order valence-electron chi connectivity index (χ4n) is 3.56. The van der Waals surface area contributed by atoms with Gasteiger partial charge < -0.3 is 4.90 Å². The van der Waals surface area contributed by atoms with Crippen LogP contribution in [0.2, 0.25) is 0 Å². The fraction of sp³-hybridized carbons (Fsp3) is 0.300. The largest absolute Gasteiger partial charge is 0.416 e. The predicted molar refractivity (Wildman–Crippen MR) is 94.7 cm³/mol. The third-order valence-electron chi connectivity index (χ3n) is 4.95. The van der Waals surface area contributed by atoms with Crippen LogP contribution < -0.4 is 0 Å². The van der Waals surface area contributed by atoms with Crippen molar-refractivity contribution in [2.45, 2.75) is 28.8 Å². The summed E-state index contributed by atoms with van der Waals surface area (Å²) in [4.78, 5) is 3.72. The topological polar surface area (TPSA) is 3.24 Å². The molecule has 2 aliphatic rings. The van der Waals surface area contributed by atoms with Gasteiger partial charge in [0, 0.05) is 22.9 Å². The first-order valence-corrected chi connectivity index (χ1v) is 9.24. The summed E-state index contributed by atoms with van der Waals surface area (Å²) in [6.07, 6.45) is -2.77. The minimum Gasteiger partial charge on any atom is -0.306 e. The van der Waals surface area contributed by atoms with Crippen molar-refractivity contribution in [3.05, 3.63) is 64.5 Å². The van der Waals surface area contributed by atoms with E-state index in [1.807, 2.05) is 7.05 Å². The van der Waals surface area contributed by atoms with Crippen molar-refractivity contribution in [2.75, 3.05) is 20.1 Å². The van der Waals surface area contributed by atoms with Gasteiger partial charge in [-0.15, -0.1) is 0 Å². The Balaban J connectivity index is 1.93. The third kappa shape index (κ3) is 3.16. The maximum Gasteiger partial charge on any atom is 0.416 e. The van der Waals surface area contributed by atoms with Gasteiger partial charge in [0.2, 0.25) is 0 Å². The molecule has 2 aliphatic heterocycles. The van der Waals surface area contributed by atoms with E-state index in [1.54, 1.807) is 6.07 Å². The SMILES string of the molecule is CN1CCC(=C2c3ccc(F)cc3Sc3ccc(C(F)(F)F)cc32)CC1. The summed E-state index contributed by atoms with van der Waals surface area (Å²) in [6.45, 7) is 1.74. The molecule has 0 atom stereocenters. The van der Waals surface area contributed by atoms with Crippen LogP contribution in [-0.2, 0) is 6.18 Å². The maximum atomic E-state index is 13.7. The smallest absolute Gasteiger partial charge is 0.306 e. The summed E-state index contributed by atoms with van der Waals surface area (Å²) < 4.78 is 53.5. The molecule has 0 aromatic heterocycles. The molecule has 0 amide bonds. The zero-order valence-electron chi connectivity index (χ0n) is 14.2. The fourth-order valence-corrected chi connectivity index (χ4v) is 4.66. The van der Waals surface area contributed by atoms with Gasteiger partial charge in [-0.2, -0.15) is 13.2 Å². The molecule has 0 aliphatic carbocycles. The van der Waals surface area contributed by atoms with E-state index in [1.165, 1.54) is 36.0 Å². The molecule has 2 heterocycles. The van der Waals surface area contributed by atoms with E-state index in [2.05, 4.69) is 4.90 Å². The molecular weight excluding hydrogens is 362 g/mol. The van der Waals surface area contributed by atoms with E-state index in [4.69, 9.17) is 0 Å².